The van der Waals surface area contributed by atoms with E-state index in [9.17, 15) is 4.79 Å². The summed E-state index contributed by atoms with van der Waals surface area (Å²) in [5.41, 5.74) is 4.82. The second-order valence-corrected chi connectivity index (χ2v) is 14.0. The molecule has 0 aromatic carbocycles. The topological polar surface area (TPSA) is 59.5 Å². The summed E-state index contributed by atoms with van der Waals surface area (Å²) in [4.78, 5) is 15.3. The number of nitrogens with zero attached hydrogens (tertiary/aromatic N) is 3. The van der Waals surface area contributed by atoms with Crippen LogP contribution in [0.15, 0.2) is 43.0 Å². The number of carboxylic acid groups (broad SMARTS) is 1. The number of fused-ring (bicyclic) bond motifs is 1. The van der Waals surface area contributed by atoms with E-state index in [-0.39, 0.29) is 5.69 Å². The molecule has 5 nitrogen and oxygen atoms in total. The van der Waals surface area contributed by atoms with E-state index in [4.69, 9.17) is 5.11 Å². The first-order chi connectivity index (χ1) is 12.7. The minimum atomic E-state index is -1.76. The van der Waals surface area contributed by atoms with Gasteiger partial charge in [-0.05, 0) is 52.1 Å². The van der Waals surface area contributed by atoms with Crippen LogP contribution in [0.3, 0.4) is 0 Å². The Bertz CT molecular complexity index is 947. The molecule has 0 atom stereocenters. The minimum absolute atomic E-state index is 0.0653. The van der Waals surface area contributed by atoms with Gasteiger partial charge in [0.05, 0.1) is 0 Å². The van der Waals surface area contributed by atoms with E-state index in [0.29, 0.717) is 22.3 Å². The number of carboxylic acids is 1. The van der Waals surface area contributed by atoms with Crippen LogP contribution in [0.5, 0.6) is 0 Å². The van der Waals surface area contributed by atoms with Crippen molar-refractivity contribution in [3.8, 4) is 11.1 Å². The first-order valence-electron chi connectivity index (χ1n) is 9.58. The standard InChI is InChI=1S/C21H29N3O2Si/c1-14(2)27(15(3)4,16(5)6)24-10-9-18(12-24)17-7-8-20-22-19(21(25)26)13-23(20)11-17/h7-16H,1-6H3,(H,25,26). The highest BCUT2D eigenvalue weighted by molar-refractivity contribution is 6.82. The van der Waals surface area contributed by atoms with Gasteiger partial charge in [0.2, 0.25) is 0 Å². The number of imidazole rings is 1. The van der Waals surface area contributed by atoms with E-state index in [1.54, 1.807) is 10.6 Å². The predicted molar refractivity (Wildman–Crippen MR) is 112 cm³/mol. The number of carbonyl (C=O) groups is 1. The number of hydrogen-bond acceptors (Lipinski definition) is 2. The molecule has 6 heteroatoms. The van der Waals surface area contributed by atoms with Crippen molar-refractivity contribution in [1.29, 1.82) is 0 Å². The highest BCUT2D eigenvalue weighted by Crippen LogP contribution is 2.43. The molecule has 0 aliphatic rings. The lowest BCUT2D eigenvalue weighted by molar-refractivity contribution is 0.0691. The Morgan fingerprint density at radius 3 is 2.07 bits per heavy atom. The average molecular weight is 384 g/mol. The molecule has 0 amide bonds. The number of aromatic carboxylic acids is 1. The minimum Gasteiger partial charge on any atom is -0.476 e. The van der Waals surface area contributed by atoms with Crippen LogP contribution in [-0.2, 0) is 0 Å². The molecule has 1 N–H and O–H groups in total. The Hall–Kier alpha value is -2.34. The summed E-state index contributed by atoms with van der Waals surface area (Å²) in [6, 6.07) is 6.05. The third-order valence-electron chi connectivity index (χ3n) is 5.92. The van der Waals surface area contributed by atoms with Crippen LogP contribution in [0.2, 0.25) is 16.6 Å². The third kappa shape index (κ3) is 3.12. The Morgan fingerprint density at radius 1 is 0.926 bits per heavy atom. The highest BCUT2D eigenvalue weighted by atomic mass is 28.3. The SMILES string of the molecule is CC(C)[Si](C(C)C)(C(C)C)n1ccc(-c2ccc3nc(C(=O)O)cn3c2)c1. The van der Waals surface area contributed by atoms with Crippen molar-refractivity contribution in [1.82, 2.24) is 13.6 Å². The summed E-state index contributed by atoms with van der Waals surface area (Å²) in [7, 11) is -1.76. The zero-order valence-electron chi connectivity index (χ0n) is 17.0. The van der Waals surface area contributed by atoms with Gasteiger partial charge < -0.3 is 13.7 Å². The van der Waals surface area contributed by atoms with Crippen LogP contribution in [0.25, 0.3) is 16.8 Å². The van der Waals surface area contributed by atoms with Gasteiger partial charge in [-0.2, -0.15) is 0 Å². The molecule has 0 saturated carbocycles. The molecule has 0 aliphatic heterocycles. The van der Waals surface area contributed by atoms with Crippen molar-refractivity contribution in [2.75, 3.05) is 0 Å². The largest absolute Gasteiger partial charge is 0.476 e. The van der Waals surface area contributed by atoms with Crippen LogP contribution in [0.4, 0.5) is 0 Å². The summed E-state index contributed by atoms with van der Waals surface area (Å²) in [6.07, 6.45) is 8.04. The molecule has 0 spiro atoms. The van der Waals surface area contributed by atoms with E-state index >= 15 is 0 Å². The summed E-state index contributed by atoms with van der Waals surface area (Å²) in [6.45, 7) is 14.1. The molecule has 144 valence electrons. The summed E-state index contributed by atoms with van der Waals surface area (Å²) >= 11 is 0. The molecule has 0 fully saturated rings. The number of pyridine rings is 1. The van der Waals surface area contributed by atoms with Gasteiger partial charge in [0, 0.05) is 18.6 Å². The van der Waals surface area contributed by atoms with E-state index < -0.39 is 14.2 Å². The van der Waals surface area contributed by atoms with Gasteiger partial charge in [0.25, 0.3) is 0 Å². The van der Waals surface area contributed by atoms with Gasteiger partial charge in [-0.3, -0.25) is 0 Å². The summed E-state index contributed by atoms with van der Waals surface area (Å²) in [5.74, 6) is -1.01. The molecular formula is C21H29N3O2Si. The second-order valence-electron chi connectivity index (χ2n) is 8.27. The van der Waals surface area contributed by atoms with Crippen molar-refractivity contribution in [2.24, 2.45) is 0 Å². The van der Waals surface area contributed by atoms with Crippen molar-refractivity contribution < 1.29 is 9.90 Å². The monoisotopic (exact) mass is 383 g/mol. The van der Waals surface area contributed by atoms with Crippen molar-refractivity contribution in [3.63, 3.8) is 0 Å². The van der Waals surface area contributed by atoms with E-state index in [2.05, 4.69) is 69.2 Å². The maximum atomic E-state index is 11.2. The van der Waals surface area contributed by atoms with Crippen LogP contribution >= 0.6 is 0 Å². The number of rotatable bonds is 6. The fourth-order valence-electron chi connectivity index (χ4n) is 4.97. The van der Waals surface area contributed by atoms with Gasteiger partial charge in [0.1, 0.15) is 5.65 Å². The maximum absolute atomic E-state index is 11.2. The lowest BCUT2D eigenvalue weighted by Crippen LogP contribution is -2.51. The fraction of sp³-hybridized carbons (Fsp3) is 0.429. The normalized spacial score (nSPS) is 12.6. The third-order valence-corrected chi connectivity index (χ3v) is 12.6. The molecule has 0 unspecified atom stereocenters. The molecule has 0 saturated heterocycles. The van der Waals surface area contributed by atoms with Crippen LogP contribution in [-0.4, -0.2) is 32.9 Å². The predicted octanol–water partition coefficient (Wildman–Crippen LogP) is 5.52. The summed E-state index contributed by atoms with van der Waals surface area (Å²) in [5, 5.41) is 9.15. The molecular weight excluding hydrogens is 354 g/mol. The average Bonchev–Trinajstić information content (AvgIpc) is 3.20. The lowest BCUT2D eigenvalue weighted by atomic mass is 10.1. The van der Waals surface area contributed by atoms with Gasteiger partial charge in [0.15, 0.2) is 13.9 Å². The molecule has 3 aromatic rings. The molecule has 0 aliphatic carbocycles. The van der Waals surface area contributed by atoms with Gasteiger partial charge >= 0.3 is 5.97 Å². The quantitative estimate of drug-likeness (QED) is 0.570. The maximum Gasteiger partial charge on any atom is 0.356 e. The van der Waals surface area contributed by atoms with Gasteiger partial charge in [-0.15, -0.1) is 0 Å². The van der Waals surface area contributed by atoms with Crippen molar-refractivity contribution in [3.05, 3.63) is 48.7 Å². The van der Waals surface area contributed by atoms with Gasteiger partial charge in [-0.1, -0.05) is 41.5 Å². The molecule has 0 radical (unpaired) electrons. The summed E-state index contributed by atoms with van der Waals surface area (Å²) < 4.78 is 4.30. The second kappa shape index (κ2) is 7.00. The Labute approximate surface area is 161 Å². The molecule has 3 rings (SSSR count). The Kier molecular flexibility index (Phi) is 5.03. The van der Waals surface area contributed by atoms with Crippen LogP contribution in [0.1, 0.15) is 52.0 Å². The van der Waals surface area contributed by atoms with E-state index in [0.717, 1.165) is 11.1 Å². The fourth-order valence-corrected chi connectivity index (χ4v) is 11.5. The van der Waals surface area contributed by atoms with Crippen LogP contribution < -0.4 is 0 Å². The number of hydrogen-bond donors (Lipinski definition) is 1. The first-order valence-corrected chi connectivity index (χ1v) is 11.8. The van der Waals surface area contributed by atoms with Crippen LogP contribution in [0, 0.1) is 0 Å². The smallest absolute Gasteiger partial charge is 0.356 e. The lowest BCUT2D eigenvalue weighted by Gasteiger charge is -2.44. The van der Waals surface area contributed by atoms with Crippen molar-refractivity contribution in [2.45, 2.75) is 58.2 Å². The van der Waals surface area contributed by atoms with E-state index in [1.165, 1.54) is 0 Å². The molecule has 27 heavy (non-hydrogen) atoms. The number of aromatic nitrogens is 3. The van der Waals surface area contributed by atoms with E-state index in [1.807, 2.05) is 18.3 Å². The zero-order chi connectivity index (χ0) is 19.9. The molecule has 3 heterocycles. The Balaban J connectivity index is 2.06. The Morgan fingerprint density at radius 2 is 1.52 bits per heavy atom. The zero-order valence-corrected chi connectivity index (χ0v) is 18.0. The first kappa shape index (κ1) is 19.4. The molecule has 0 bridgehead atoms. The highest BCUT2D eigenvalue weighted by Gasteiger charge is 2.44. The molecule has 3 aromatic heterocycles. The van der Waals surface area contributed by atoms with Gasteiger partial charge in [-0.25, -0.2) is 9.78 Å². The van der Waals surface area contributed by atoms with Crippen molar-refractivity contribution >= 4 is 19.9 Å².